The van der Waals surface area contributed by atoms with E-state index in [0.29, 0.717) is 30.8 Å². The van der Waals surface area contributed by atoms with E-state index in [0.717, 1.165) is 30.5 Å². The molecule has 0 saturated carbocycles. The standard InChI is InChI=1S/C22H26N2O3S/c1-17-16-19-6-2-3-7-21(19)24(17)22(25)13-10-18-8-11-20(12-9-18)28(26,27)23-14-4-5-15-23/h2-3,6-9,11-12,17H,4-5,10,13-16H2,1H3/t17-/m0/s1. The van der Waals surface area contributed by atoms with E-state index in [2.05, 4.69) is 13.0 Å². The Bertz CT molecular complexity index is 964. The van der Waals surface area contributed by atoms with Gasteiger partial charge in [0.25, 0.3) is 0 Å². The fourth-order valence-corrected chi connectivity index (χ4v) is 5.74. The Kier molecular flexibility index (Phi) is 5.25. The van der Waals surface area contributed by atoms with Crippen LogP contribution < -0.4 is 4.90 Å². The molecular formula is C22H26N2O3S. The number of hydrogen-bond acceptors (Lipinski definition) is 3. The Balaban J connectivity index is 1.41. The fourth-order valence-electron chi connectivity index (χ4n) is 4.22. The maximum Gasteiger partial charge on any atom is 0.243 e. The second-order valence-electron chi connectivity index (χ2n) is 7.70. The number of fused-ring (bicyclic) bond motifs is 1. The molecule has 1 amide bonds. The Hall–Kier alpha value is -2.18. The lowest BCUT2D eigenvalue weighted by molar-refractivity contribution is -0.118. The summed E-state index contributed by atoms with van der Waals surface area (Å²) < 4.78 is 26.8. The lowest BCUT2D eigenvalue weighted by atomic mass is 10.1. The second-order valence-corrected chi connectivity index (χ2v) is 9.64. The van der Waals surface area contributed by atoms with E-state index in [1.807, 2.05) is 35.2 Å². The third-order valence-electron chi connectivity index (χ3n) is 5.73. The summed E-state index contributed by atoms with van der Waals surface area (Å²) in [5.74, 6) is 0.117. The molecule has 1 saturated heterocycles. The lowest BCUT2D eigenvalue weighted by Crippen LogP contribution is -2.35. The number of anilines is 1. The molecule has 0 aliphatic carbocycles. The van der Waals surface area contributed by atoms with Gasteiger partial charge in [-0.25, -0.2) is 8.42 Å². The van der Waals surface area contributed by atoms with Crippen LogP contribution in [0.3, 0.4) is 0 Å². The molecule has 4 rings (SSSR count). The van der Waals surface area contributed by atoms with E-state index in [9.17, 15) is 13.2 Å². The van der Waals surface area contributed by atoms with Crippen molar-refractivity contribution >= 4 is 21.6 Å². The van der Waals surface area contributed by atoms with Crippen molar-refractivity contribution in [3.63, 3.8) is 0 Å². The largest absolute Gasteiger partial charge is 0.309 e. The topological polar surface area (TPSA) is 57.7 Å². The van der Waals surface area contributed by atoms with Crippen LogP contribution in [0.4, 0.5) is 5.69 Å². The molecule has 0 unspecified atom stereocenters. The van der Waals surface area contributed by atoms with Crippen LogP contribution in [0.5, 0.6) is 0 Å². The first-order valence-corrected chi connectivity index (χ1v) is 11.4. The third kappa shape index (κ3) is 3.59. The smallest absolute Gasteiger partial charge is 0.243 e. The van der Waals surface area contributed by atoms with Crippen LogP contribution in [-0.4, -0.2) is 37.8 Å². The first-order valence-electron chi connectivity index (χ1n) is 9.96. The van der Waals surface area contributed by atoms with Gasteiger partial charge in [0.05, 0.1) is 4.90 Å². The monoisotopic (exact) mass is 398 g/mol. The minimum atomic E-state index is -3.38. The number of nitrogens with zero attached hydrogens (tertiary/aromatic N) is 2. The van der Waals surface area contributed by atoms with E-state index in [4.69, 9.17) is 0 Å². The van der Waals surface area contributed by atoms with Crippen molar-refractivity contribution in [2.45, 2.75) is 50.0 Å². The van der Waals surface area contributed by atoms with E-state index in [1.165, 1.54) is 5.56 Å². The van der Waals surface area contributed by atoms with Gasteiger partial charge in [-0.05, 0) is 61.9 Å². The Morgan fingerprint density at radius 3 is 2.43 bits per heavy atom. The van der Waals surface area contributed by atoms with Crippen LogP contribution in [-0.2, 0) is 27.7 Å². The number of carbonyl (C=O) groups excluding carboxylic acids is 1. The molecule has 6 heteroatoms. The molecule has 0 spiro atoms. The molecule has 0 aromatic heterocycles. The van der Waals surface area contributed by atoms with Crippen molar-refractivity contribution in [3.05, 3.63) is 59.7 Å². The summed E-state index contributed by atoms with van der Waals surface area (Å²) in [6, 6.07) is 15.2. The van der Waals surface area contributed by atoms with Crippen molar-refractivity contribution in [1.29, 1.82) is 0 Å². The van der Waals surface area contributed by atoms with Gasteiger partial charge in [0.15, 0.2) is 0 Å². The average Bonchev–Trinajstić information content (AvgIpc) is 3.34. The highest BCUT2D eigenvalue weighted by atomic mass is 32.2. The molecule has 148 valence electrons. The van der Waals surface area contributed by atoms with Gasteiger partial charge in [0.1, 0.15) is 0 Å². The molecular weight excluding hydrogens is 372 g/mol. The maximum atomic E-state index is 12.8. The predicted molar refractivity (Wildman–Crippen MR) is 110 cm³/mol. The number of carbonyl (C=O) groups is 1. The highest BCUT2D eigenvalue weighted by Gasteiger charge is 2.30. The van der Waals surface area contributed by atoms with Crippen molar-refractivity contribution in [2.75, 3.05) is 18.0 Å². The summed E-state index contributed by atoms with van der Waals surface area (Å²) in [4.78, 5) is 15.1. The molecule has 2 heterocycles. The van der Waals surface area contributed by atoms with E-state index >= 15 is 0 Å². The highest BCUT2D eigenvalue weighted by molar-refractivity contribution is 7.89. The predicted octanol–water partition coefficient (Wildman–Crippen LogP) is 3.38. The number of benzene rings is 2. The molecule has 0 bridgehead atoms. The molecule has 5 nitrogen and oxygen atoms in total. The summed E-state index contributed by atoms with van der Waals surface area (Å²) in [7, 11) is -3.38. The minimum absolute atomic E-state index is 0.117. The Morgan fingerprint density at radius 2 is 1.71 bits per heavy atom. The first-order chi connectivity index (χ1) is 13.5. The quantitative estimate of drug-likeness (QED) is 0.776. The van der Waals surface area contributed by atoms with Crippen LogP contribution in [0.1, 0.15) is 37.3 Å². The molecule has 1 fully saturated rings. The molecule has 2 aliphatic heterocycles. The van der Waals surface area contributed by atoms with Crippen molar-refractivity contribution in [1.82, 2.24) is 4.31 Å². The van der Waals surface area contributed by atoms with E-state index in [1.54, 1.807) is 16.4 Å². The van der Waals surface area contributed by atoms with Gasteiger partial charge in [0.2, 0.25) is 15.9 Å². The summed E-state index contributed by atoms with van der Waals surface area (Å²) in [5.41, 5.74) is 3.22. The van der Waals surface area contributed by atoms with Gasteiger partial charge >= 0.3 is 0 Å². The number of sulfonamides is 1. The van der Waals surface area contributed by atoms with E-state index < -0.39 is 10.0 Å². The van der Waals surface area contributed by atoms with Gasteiger partial charge in [-0.3, -0.25) is 4.79 Å². The van der Waals surface area contributed by atoms with Gasteiger partial charge in [-0.2, -0.15) is 4.31 Å². The molecule has 2 aromatic carbocycles. The van der Waals surface area contributed by atoms with Crippen molar-refractivity contribution < 1.29 is 13.2 Å². The summed E-state index contributed by atoms with van der Waals surface area (Å²) in [6.07, 6.45) is 3.77. The molecule has 2 aliphatic rings. The van der Waals surface area contributed by atoms with Crippen LogP contribution in [0.2, 0.25) is 0 Å². The summed E-state index contributed by atoms with van der Waals surface area (Å²) in [6.45, 7) is 3.29. The van der Waals surface area contributed by atoms with Crippen molar-refractivity contribution in [2.24, 2.45) is 0 Å². The summed E-state index contributed by atoms with van der Waals surface area (Å²) >= 11 is 0. The number of rotatable bonds is 5. The summed E-state index contributed by atoms with van der Waals surface area (Å²) in [5, 5.41) is 0. The normalized spacial score (nSPS) is 19.8. The molecule has 28 heavy (non-hydrogen) atoms. The van der Waals surface area contributed by atoms with Gasteiger partial charge < -0.3 is 4.90 Å². The molecule has 0 radical (unpaired) electrons. The fraction of sp³-hybridized carbons (Fsp3) is 0.409. The minimum Gasteiger partial charge on any atom is -0.309 e. The van der Waals surface area contributed by atoms with Gasteiger partial charge in [0, 0.05) is 31.2 Å². The van der Waals surface area contributed by atoms with Gasteiger partial charge in [-0.15, -0.1) is 0 Å². The van der Waals surface area contributed by atoms with Crippen LogP contribution >= 0.6 is 0 Å². The first kappa shape index (κ1) is 19.2. The zero-order valence-corrected chi connectivity index (χ0v) is 17.0. The molecule has 1 atom stereocenters. The zero-order chi connectivity index (χ0) is 19.7. The number of aryl methyl sites for hydroxylation is 1. The second kappa shape index (κ2) is 7.68. The Morgan fingerprint density at radius 1 is 1.04 bits per heavy atom. The number of amides is 1. The number of para-hydroxylation sites is 1. The molecule has 2 aromatic rings. The Labute approximate surface area is 167 Å². The lowest BCUT2D eigenvalue weighted by Gasteiger charge is -2.22. The SMILES string of the molecule is C[C@H]1Cc2ccccc2N1C(=O)CCc1ccc(S(=O)(=O)N2CCCC2)cc1. The number of hydrogen-bond donors (Lipinski definition) is 0. The highest BCUT2D eigenvalue weighted by Crippen LogP contribution is 2.32. The zero-order valence-electron chi connectivity index (χ0n) is 16.2. The van der Waals surface area contributed by atoms with Crippen LogP contribution in [0.15, 0.2) is 53.4 Å². The maximum absolute atomic E-state index is 12.8. The van der Waals surface area contributed by atoms with Crippen LogP contribution in [0, 0.1) is 0 Å². The third-order valence-corrected chi connectivity index (χ3v) is 7.64. The van der Waals surface area contributed by atoms with Crippen molar-refractivity contribution in [3.8, 4) is 0 Å². The molecule has 0 N–H and O–H groups in total. The van der Waals surface area contributed by atoms with E-state index in [-0.39, 0.29) is 11.9 Å². The average molecular weight is 399 g/mol. The van der Waals surface area contributed by atoms with Gasteiger partial charge in [-0.1, -0.05) is 30.3 Å². The van der Waals surface area contributed by atoms with Crippen LogP contribution in [0.25, 0.3) is 0 Å².